The van der Waals surface area contributed by atoms with Gasteiger partial charge in [-0.3, -0.25) is 4.79 Å². The second kappa shape index (κ2) is 5.29. The Kier molecular flexibility index (Phi) is 3.75. The van der Waals surface area contributed by atoms with Crippen LogP contribution in [-0.4, -0.2) is 11.6 Å². The molecule has 0 aromatic heterocycles. The topological polar surface area (TPSA) is 41.5 Å². The molecule has 0 aromatic carbocycles. The van der Waals surface area contributed by atoms with Crippen LogP contribution in [0.1, 0.15) is 57.8 Å². The fourth-order valence-electron chi connectivity index (χ4n) is 2.00. The van der Waals surface area contributed by atoms with Gasteiger partial charge in [0.05, 0.1) is 0 Å². The summed E-state index contributed by atoms with van der Waals surface area (Å²) in [6.07, 6.45) is 10.7. The van der Waals surface area contributed by atoms with Gasteiger partial charge in [0.2, 0.25) is 5.91 Å². The number of nitrogens with zero attached hydrogens (tertiary/aromatic N) is 1. The van der Waals surface area contributed by atoms with Gasteiger partial charge in [-0.05, 0) is 38.5 Å². The highest BCUT2D eigenvalue weighted by atomic mass is 16.2. The molecule has 2 saturated carbocycles. The highest BCUT2D eigenvalue weighted by Gasteiger charge is 2.29. The Morgan fingerprint density at radius 2 is 1.67 bits per heavy atom. The number of carbonyl (C=O) groups is 1. The number of amides is 1. The lowest BCUT2D eigenvalue weighted by molar-refractivity contribution is -0.122. The Balaban J connectivity index is 1.78. The van der Waals surface area contributed by atoms with Crippen LogP contribution < -0.4 is 5.43 Å². The monoisotopic (exact) mass is 208 g/mol. The van der Waals surface area contributed by atoms with E-state index in [0.717, 1.165) is 25.7 Å². The predicted molar refractivity (Wildman–Crippen MR) is 60.6 cm³/mol. The van der Waals surface area contributed by atoms with Gasteiger partial charge in [-0.25, -0.2) is 5.43 Å². The van der Waals surface area contributed by atoms with Crippen LogP contribution in [0.15, 0.2) is 5.10 Å². The summed E-state index contributed by atoms with van der Waals surface area (Å²) in [5.41, 5.74) is 3.91. The van der Waals surface area contributed by atoms with Gasteiger partial charge in [-0.2, -0.15) is 5.10 Å². The van der Waals surface area contributed by atoms with Crippen molar-refractivity contribution in [2.75, 3.05) is 0 Å². The third-order valence-corrected chi connectivity index (χ3v) is 3.20. The minimum atomic E-state index is 0.129. The maximum atomic E-state index is 11.4. The predicted octanol–water partition coefficient (Wildman–Crippen LogP) is 2.61. The van der Waals surface area contributed by atoms with E-state index in [9.17, 15) is 4.79 Å². The summed E-state index contributed by atoms with van der Waals surface area (Å²) in [6.45, 7) is 0. The molecule has 1 N–H and O–H groups in total. The molecule has 0 saturated heterocycles. The summed E-state index contributed by atoms with van der Waals surface area (Å²) in [6, 6.07) is 0. The zero-order valence-electron chi connectivity index (χ0n) is 9.30. The first-order valence-corrected chi connectivity index (χ1v) is 6.21. The first-order chi connectivity index (χ1) is 7.36. The number of hydrogen-bond acceptors (Lipinski definition) is 2. The van der Waals surface area contributed by atoms with E-state index in [1.165, 1.54) is 37.8 Å². The van der Waals surface area contributed by atoms with Crippen molar-refractivity contribution in [1.82, 2.24) is 5.43 Å². The van der Waals surface area contributed by atoms with Crippen LogP contribution >= 0.6 is 0 Å². The van der Waals surface area contributed by atoms with Gasteiger partial charge >= 0.3 is 0 Å². The van der Waals surface area contributed by atoms with Crippen molar-refractivity contribution in [3.8, 4) is 0 Å². The number of hydrazone groups is 1. The van der Waals surface area contributed by atoms with Gasteiger partial charge in [0.15, 0.2) is 0 Å². The lowest BCUT2D eigenvalue weighted by atomic mass is 9.99. The molecule has 0 aliphatic heterocycles. The van der Waals surface area contributed by atoms with E-state index in [2.05, 4.69) is 10.5 Å². The third kappa shape index (κ3) is 3.65. The first-order valence-electron chi connectivity index (χ1n) is 6.21. The molecule has 2 fully saturated rings. The number of hydrogen-bond donors (Lipinski definition) is 1. The molecule has 0 bridgehead atoms. The van der Waals surface area contributed by atoms with E-state index in [0.29, 0.717) is 0 Å². The SMILES string of the molecule is O=C(NN=C1CCCCCCC1)C1CC1. The lowest BCUT2D eigenvalue weighted by Crippen LogP contribution is -2.21. The molecule has 3 nitrogen and oxygen atoms in total. The molecule has 0 radical (unpaired) electrons. The minimum absolute atomic E-state index is 0.129. The van der Waals surface area contributed by atoms with Crippen LogP contribution in [0.2, 0.25) is 0 Å². The van der Waals surface area contributed by atoms with Crippen LogP contribution in [0, 0.1) is 5.92 Å². The fraction of sp³-hybridized carbons (Fsp3) is 0.833. The summed E-state index contributed by atoms with van der Waals surface area (Å²) >= 11 is 0. The largest absolute Gasteiger partial charge is 0.273 e. The summed E-state index contributed by atoms with van der Waals surface area (Å²) in [4.78, 5) is 11.4. The smallest absolute Gasteiger partial charge is 0.243 e. The standard InChI is InChI=1S/C12H20N2O/c15-12(10-8-9-10)14-13-11-6-4-2-1-3-5-7-11/h10H,1-9H2,(H,14,15). The maximum Gasteiger partial charge on any atom is 0.243 e. The molecular formula is C12H20N2O. The van der Waals surface area contributed by atoms with Crippen molar-refractivity contribution < 1.29 is 4.79 Å². The number of nitrogens with one attached hydrogen (secondary N) is 1. The average Bonchev–Trinajstić information content (AvgIpc) is 2.98. The van der Waals surface area contributed by atoms with Gasteiger partial charge in [0.1, 0.15) is 0 Å². The molecule has 0 unspecified atom stereocenters. The zero-order valence-corrected chi connectivity index (χ0v) is 9.30. The first kappa shape index (κ1) is 10.7. The van der Waals surface area contributed by atoms with E-state index in [1.54, 1.807) is 0 Å². The van der Waals surface area contributed by atoms with E-state index in [1.807, 2.05) is 0 Å². The second-order valence-corrected chi connectivity index (χ2v) is 4.70. The highest BCUT2D eigenvalue weighted by Crippen LogP contribution is 2.28. The Bertz CT molecular complexity index is 246. The highest BCUT2D eigenvalue weighted by molar-refractivity contribution is 5.87. The molecule has 3 heteroatoms. The Morgan fingerprint density at radius 3 is 2.27 bits per heavy atom. The number of rotatable bonds is 2. The van der Waals surface area contributed by atoms with Gasteiger partial charge in [-0.15, -0.1) is 0 Å². The van der Waals surface area contributed by atoms with E-state index in [4.69, 9.17) is 0 Å². The quantitative estimate of drug-likeness (QED) is 0.696. The molecule has 0 atom stereocenters. The average molecular weight is 208 g/mol. The fourth-order valence-corrected chi connectivity index (χ4v) is 2.00. The van der Waals surface area contributed by atoms with E-state index >= 15 is 0 Å². The van der Waals surface area contributed by atoms with Crippen molar-refractivity contribution >= 4 is 11.6 Å². The van der Waals surface area contributed by atoms with E-state index in [-0.39, 0.29) is 11.8 Å². The van der Waals surface area contributed by atoms with Gasteiger partial charge in [0.25, 0.3) is 0 Å². The molecule has 0 spiro atoms. The van der Waals surface area contributed by atoms with Gasteiger partial charge in [0, 0.05) is 11.6 Å². The lowest BCUT2D eigenvalue weighted by Gasteiger charge is -2.10. The zero-order chi connectivity index (χ0) is 10.5. The summed E-state index contributed by atoms with van der Waals surface area (Å²) in [5, 5.41) is 4.26. The second-order valence-electron chi connectivity index (χ2n) is 4.70. The summed E-state index contributed by atoms with van der Waals surface area (Å²) < 4.78 is 0. The molecule has 1 amide bonds. The van der Waals surface area contributed by atoms with Crippen LogP contribution in [0.3, 0.4) is 0 Å². The van der Waals surface area contributed by atoms with Crippen LogP contribution in [0.5, 0.6) is 0 Å². The van der Waals surface area contributed by atoms with Crippen molar-refractivity contribution in [1.29, 1.82) is 0 Å². The molecule has 84 valence electrons. The molecule has 0 heterocycles. The molecule has 2 rings (SSSR count). The van der Waals surface area contributed by atoms with Crippen molar-refractivity contribution in [3.63, 3.8) is 0 Å². The normalized spacial score (nSPS) is 22.8. The maximum absolute atomic E-state index is 11.4. The van der Waals surface area contributed by atoms with Crippen molar-refractivity contribution in [2.24, 2.45) is 11.0 Å². The summed E-state index contributed by atoms with van der Waals surface area (Å²) in [7, 11) is 0. The van der Waals surface area contributed by atoms with Crippen molar-refractivity contribution in [2.45, 2.75) is 57.8 Å². The molecule has 2 aliphatic carbocycles. The Morgan fingerprint density at radius 1 is 1.07 bits per heavy atom. The Hall–Kier alpha value is -0.860. The molecule has 15 heavy (non-hydrogen) atoms. The molecule has 0 aromatic rings. The summed E-state index contributed by atoms with van der Waals surface area (Å²) in [5.74, 6) is 0.396. The van der Waals surface area contributed by atoms with Crippen LogP contribution in [0.25, 0.3) is 0 Å². The van der Waals surface area contributed by atoms with E-state index < -0.39 is 0 Å². The Labute approximate surface area is 91.3 Å². The third-order valence-electron chi connectivity index (χ3n) is 3.20. The van der Waals surface area contributed by atoms with Gasteiger partial charge in [-0.1, -0.05) is 19.3 Å². The molecular weight excluding hydrogens is 188 g/mol. The van der Waals surface area contributed by atoms with Crippen LogP contribution in [0.4, 0.5) is 0 Å². The number of carbonyl (C=O) groups excluding carboxylic acids is 1. The van der Waals surface area contributed by atoms with Crippen LogP contribution in [-0.2, 0) is 4.79 Å². The van der Waals surface area contributed by atoms with Gasteiger partial charge < -0.3 is 0 Å². The minimum Gasteiger partial charge on any atom is -0.273 e. The van der Waals surface area contributed by atoms with Crippen molar-refractivity contribution in [3.05, 3.63) is 0 Å². The molecule has 2 aliphatic rings.